The average molecular weight is 548 g/mol. The largest absolute Gasteiger partial charge is 0.496 e. The van der Waals surface area contributed by atoms with Crippen molar-refractivity contribution in [1.82, 2.24) is 0 Å². The molecule has 2 N–H and O–H groups in total. The maximum atomic E-state index is 16.6. The Labute approximate surface area is 211 Å². The van der Waals surface area contributed by atoms with Crippen molar-refractivity contribution in [2.24, 2.45) is 5.92 Å². The van der Waals surface area contributed by atoms with Gasteiger partial charge in [0.05, 0.1) is 18.4 Å². The van der Waals surface area contributed by atoms with Gasteiger partial charge in [0, 0.05) is 22.6 Å². The molecule has 1 aliphatic heterocycles. The van der Waals surface area contributed by atoms with Gasteiger partial charge >= 0.3 is 24.1 Å². The van der Waals surface area contributed by atoms with Crippen molar-refractivity contribution in [2.45, 2.75) is 24.7 Å². The molecule has 3 rings (SSSR count). The third kappa shape index (κ3) is 5.31. The number of halogens is 5. The molecule has 0 saturated heterocycles. The van der Waals surface area contributed by atoms with E-state index in [0.717, 1.165) is 12.1 Å². The molecule has 1 aliphatic rings. The Balaban J connectivity index is 2.05. The maximum absolute atomic E-state index is 16.6. The third-order valence-electron chi connectivity index (χ3n) is 5.62. The molecule has 9 nitrogen and oxygen atoms in total. The number of esters is 1. The number of carboxylic acid groups (broad SMARTS) is 2. The summed E-state index contributed by atoms with van der Waals surface area (Å²) >= 11 is 5.97. The van der Waals surface area contributed by atoms with Crippen molar-refractivity contribution in [3.63, 3.8) is 0 Å². The SMILES string of the molecule is COc1ccc(Cl)cc1[C@]1(F)C(=O)N(COC(=O)[C@@H](CCC(=O)O)C(=O)O)c2cc(C(F)(F)F)ccc21. The number of carbonyl (C=O) groups is 4. The van der Waals surface area contributed by atoms with Crippen molar-refractivity contribution in [2.75, 3.05) is 18.7 Å². The van der Waals surface area contributed by atoms with E-state index in [1.807, 2.05) is 0 Å². The molecule has 2 aromatic carbocycles. The van der Waals surface area contributed by atoms with E-state index >= 15 is 4.39 Å². The first-order chi connectivity index (χ1) is 17.2. The van der Waals surface area contributed by atoms with Gasteiger partial charge in [-0.2, -0.15) is 13.2 Å². The van der Waals surface area contributed by atoms with Crippen LogP contribution in [0.1, 0.15) is 29.5 Å². The molecule has 0 fully saturated rings. The van der Waals surface area contributed by atoms with Crippen LogP contribution in [0.5, 0.6) is 5.75 Å². The second kappa shape index (κ2) is 10.2. The molecule has 0 aliphatic carbocycles. The fraction of sp³-hybridized carbons (Fsp3) is 0.304. The van der Waals surface area contributed by atoms with Crippen LogP contribution < -0.4 is 9.64 Å². The molecule has 1 heterocycles. The number of alkyl halides is 4. The number of hydrogen-bond acceptors (Lipinski definition) is 6. The van der Waals surface area contributed by atoms with E-state index in [1.54, 1.807) is 0 Å². The Kier molecular flexibility index (Phi) is 7.67. The summed E-state index contributed by atoms with van der Waals surface area (Å²) in [5.41, 5.74) is -5.88. The fourth-order valence-electron chi connectivity index (χ4n) is 3.81. The number of carboxylic acids is 2. The third-order valence-corrected chi connectivity index (χ3v) is 5.86. The van der Waals surface area contributed by atoms with E-state index in [9.17, 15) is 37.5 Å². The van der Waals surface area contributed by atoms with E-state index in [2.05, 4.69) is 0 Å². The lowest BCUT2D eigenvalue weighted by atomic mass is 9.88. The molecule has 1 amide bonds. The minimum atomic E-state index is -4.87. The molecule has 2 atom stereocenters. The predicted octanol–water partition coefficient (Wildman–Crippen LogP) is 3.99. The first-order valence-electron chi connectivity index (χ1n) is 10.4. The van der Waals surface area contributed by atoms with Gasteiger partial charge in [-0.1, -0.05) is 17.7 Å². The second-order valence-corrected chi connectivity index (χ2v) is 8.32. The highest BCUT2D eigenvalue weighted by Crippen LogP contribution is 2.51. The van der Waals surface area contributed by atoms with E-state index < -0.39 is 83.5 Å². The van der Waals surface area contributed by atoms with Crippen molar-refractivity contribution in [3.05, 3.63) is 58.1 Å². The molecule has 14 heteroatoms. The zero-order valence-electron chi connectivity index (χ0n) is 18.8. The number of ether oxygens (including phenoxy) is 2. The highest BCUT2D eigenvalue weighted by molar-refractivity contribution is 6.30. The van der Waals surface area contributed by atoms with Crippen molar-refractivity contribution in [1.29, 1.82) is 0 Å². The van der Waals surface area contributed by atoms with E-state index in [4.69, 9.17) is 26.2 Å². The fourth-order valence-corrected chi connectivity index (χ4v) is 3.98. The minimum Gasteiger partial charge on any atom is -0.496 e. The molecule has 37 heavy (non-hydrogen) atoms. The van der Waals surface area contributed by atoms with Gasteiger partial charge < -0.3 is 19.7 Å². The van der Waals surface area contributed by atoms with Crippen LogP contribution in [0.2, 0.25) is 5.02 Å². The Hall–Kier alpha value is -3.87. The van der Waals surface area contributed by atoms with Crippen LogP contribution in [0, 0.1) is 5.92 Å². The molecule has 0 spiro atoms. The van der Waals surface area contributed by atoms with Gasteiger partial charge in [-0.05, 0) is 36.8 Å². The van der Waals surface area contributed by atoms with Crippen molar-refractivity contribution in [3.8, 4) is 5.75 Å². The number of anilines is 1. The van der Waals surface area contributed by atoms with Crippen LogP contribution in [0.4, 0.5) is 23.2 Å². The summed E-state index contributed by atoms with van der Waals surface area (Å²) in [4.78, 5) is 48.2. The first kappa shape index (κ1) is 27.7. The summed E-state index contributed by atoms with van der Waals surface area (Å²) in [6.45, 7) is -1.16. The number of methoxy groups -OCH3 is 1. The van der Waals surface area contributed by atoms with Crippen LogP contribution in [0.3, 0.4) is 0 Å². The lowest BCUT2D eigenvalue weighted by Gasteiger charge is -2.23. The van der Waals surface area contributed by atoms with Gasteiger partial charge in [-0.25, -0.2) is 4.39 Å². The zero-order valence-corrected chi connectivity index (χ0v) is 19.6. The molecular formula is C23H18ClF4NO8. The number of fused-ring (bicyclic) bond motifs is 1. The molecule has 0 unspecified atom stereocenters. The van der Waals surface area contributed by atoms with Crippen LogP contribution in [0.25, 0.3) is 0 Å². The second-order valence-electron chi connectivity index (χ2n) is 7.88. The summed E-state index contributed by atoms with van der Waals surface area (Å²) in [5.74, 6) is -8.12. The number of carbonyl (C=O) groups excluding carboxylic acids is 2. The Morgan fingerprint density at radius 3 is 2.35 bits per heavy atom. The molecule has 0 aromatic heterocycles. The maximum Gasteiger partial charge on any atom is 0.416 e. The molecule has 0 radical (unpaired) electrons. The van der Waals surface area contributed by atoms with Crippen molar-refractivity contribution < 1.29 is 56.4 Å². The lowest BCUT2D eigenvalue weighted by Crippen LogP contribution is -2.41. The van der Waals surface area contributed by atoms with Gasteiger partial charge in [0.25, 0.3) is 5.91 Å². The monoisotopic (exact) mass is 547 g/mol. The van der Waals surface area contributed by atoms with Crippen LogP contribution in [-0.4, -0.2) is 47.9 Å². The lowest BCUT2D eigenvalue weighted by molar-refractivity contribution is -0.159. The number of rotatable bonds is 9. The zero-order chi connectivity index (χ0) is 27.7. The smallest absolute Gasteiger partial charge is 0.416 e. The molecule has 2 aromatic rings. The summed E-state index contributed by atoms with van der Waals surface area (Å²) in [5, 5.41) is 17.9. The van der Waals surface area contributed by atoms with E-state index in [0.29, 0.717) is 17.0 Å². The molecular weight excluding hydrogens is 530 g/mol. The number of benzene rings is 2. The molecule has 0 bridgehead atoms. The van der Waals surface area contributed by atoms with Gasteiger partial charge in [-0.15, -0.1) is 0 Å². The van der Waals surface area contributed by atoms with Crippen LogP contribution >= 0.6 is 11.6 Å². The van der Waals surface area contributed by atoms with E-state index in [-0.39, 0.29) is 10.8 Å². The molecule has 0 saturated carbocycles. The predicted molar refractivity (Wildman–Crippen MR) is 118 cm³/mol. The summed E-state index contributed by atoms with van der Waals surface area (Å²) in [6.07, 6.45) is -6.23. The number of hydrogen-bond donors (Lipinski definition) is 2. The summed E-state index contributed by atoms with van der Waals surface area (Å²) in [6, 6.07) is 5.45. The van der Waals surface area contributed by atoms with Crippen molar-refractivity contribution >= 4 is 41.1 Å². The Morgan fingerprint density at radius 1 is 1.11 bits per heavy atom. The van der Waals surface area contributed by atoms with Crippen LogP contribution in [-0.2, 0) is 35.8 Å². The van der Waals surface area contributed by atoms with Crippen LogP contribution in [0.15, 0.2) is 36.4 Å². The highest BCUT2D eigenvalue weighted by atomic mass is 35.5. The summed E-state index contributed by atoms with van der Waals surface area (Å²) < 4.78 is 66.8. The van der Waals surface area contributed by atoms with Gasteiger partial charge in [0.2, 0.25) is 5.67 Å². The normalized spacial score (nSPS) is 17.8. The highest BCUT2D eigenvalue weighted by Gasteiger charge is 2.55. The van der Waals surface area contributed by atoms with Gasteiger partial charge in [-0.3, -0.25) is 24.1 Å². The van der Waals surface area contributed by atoms with Gasteiger partial charge in [0.1, 0.15) is 5.75 Å². The Morgan fingerprint density at radius 2 is 1.78 bits per heavy atom. The average Bonchev–Trinajstić information content (AvgIpc) is 3.03. The Bertz CT molecular complexity index is 1270. The first-order valence-corrected chi connectivity index (χ1v) is 10.8. The summed E-state index contributed by atoms with van der Waals surface area (Å²) in [7, 11) is 1.17. The van der Waals surface area contributed by atoms with E-state index in [1.165, 1.54) is 19.2 Å². The molecule has 198 valence electrons. The quantitative estimate of drug-likeness (QED) is 0.274. The number of nitrogens with zero attached hydrogens (tertiary/aromatic N) is 1. The topological polar surface area (TPSA) is 130 Å². The number of aliphatic carboxylic acids is 2. The minimum absolute atomic E-state index is 0.0123. The van der Waals surface area contributed by atoms with Gasteiger partial charge in [0.15, 0.2) is 12.6 Å². The standard InChI is InChI=1S/C23H18ClF4NO8/c1-36-17-6-3-12(24)9-15(17)22(25)14-5-2-11(23(26,27)28)8-16(14)29(21(22)35)10-37-20(34)13(19(32)33)4-7-18(30)31/h2-3,5-6,8-9,13H,4,7,10H2,1H3,(H,30,31)(H,32,33)/t13-,22-/m0/s1. The number of amides is 1.